The van der Waals surface area contributed by atoms with Crippen molar-refractivity contribution in [1.82, 2.24) is 0 Å². The van der Waals surface area contributed by atoms with Crippen LogP contribution in [0.15, 0.2) is 42.5 Å². The van der Waals surface area contributed by atoms with Crippen LogP contribution in [0.3, 0.4) is 0 Å². The normalized spacial score (nSPS) is 11.3. The molecule has 1 aromatic carbocycles. The molecule has 0 aliphatic heterocycles. The van der Waals surface area contributed by atoms with E-state index in [-0.39, 0.29) is 5.76 Å². The third kappa shape index (κ3) is 2.95. The quantitative estimate of drug-likeness (QED) is 0.514. The molecule has 0 bridgehead atoms. The number of rotatable bonds is 4. The van der Waals surface area contributed by atoms with Crippen molar-refractivity contribution >= 4 is 28.8 Å². The molecule has 1 heterocycles. The monoisotopic (exact) mass is 288 g/mol. The summed E-state index contributed by atoms with van der Waals surface area (Å²) in [6, 6.07) is 11.4. The fourth-order valence-corrected chi connectivity index (χ4v) is 2.78. The van der Waals surface area contributed by atoms with Crippen LogP contribution in [0, 0.1) is 6.92 Å². The zero-order chi connectivity index (χ0) is 14.7. The summed E-state index contributed by atoms with van der Waals surface area (Å²) in [5, 5.41) is 18.4. The number of carbonyl (C=O) groups is 2. The highest BCUT2D eigenvalue weighted by Crippen LogP contribution is 2.33. The maximum absolute atomic E-state index is 11.1. The predicted octanol–water partition coefficient (Wildman–Crippen LogP) is 3.28. The number of carboxylic acids is 1. The van der Waals surface area contributed by atoms with Crippen molar-refractivity contribution in [3.8, 4) is 10.4 Å². The van der Waals surface area contributed by atoms with E-state index in [1.165, 1.54) is 11.3 Å². The van der Waals surface area contributed by atoms with Crippen molar-refractivity contribution in [2.75, 3.05) is 0 Å². The fourth-order valence-electron chi connectivity index (χ4n) is 1.74. The summed E-state index contributed by atoms with van der Waals surface area (Å²) in [6.07, 6.45) is 0.728. The van der Waals surface area contributed by atoms with Crippen molar-refractivity contribution in [3.63, 3.8) is 0 Å². The van der Waals surface area contributed by atoms with Crippen molar-refractivity contribution in [2.45, 2.75) is 6.92 Å². The number of hydrogen-bond donors (Lipinski definition) is 2. The molecule has 5 heteroatoms. The number of hydrogen-bond acceptors (Lipinski definition) is 4. The molecular weight excluding hydrogens is 276 g/mol. The van der Waals surface area contributed by atoms with Gasteiger partial charge in [0.25, 0.3) is 5.78 Å². The molecule has 0 fully saturated rings. The van der Waals surface area contributed by atoms with Crippen molar-refractivity contribution in [1.29, 1.82) is 0 Å². The zero-order valence-electron chi connectivity index (χ0n) is 10.7. The minimum Gasteiger partial charge on any atom is -0.507 e. The lowest BCUT2D eigenvalue weighted by atomic mass is 10.1. The topological polar surface area (TPSA) is 74.6 Å². The third-order valence-electron chi connectivity index (χ3n) is 2.73. The van der Waals surface area contributed by atoms with Gasteiger partial charge in [-0.3, -0.25) is 4.79 Å². The largest absolute Gasteiger partial charge is 0.507 e. The van der Waals surface area contributed by atoms with Crippen LogP contribution >= 0.6 is 11.3 Å². The molecule has 0 unspecified atom stereocenters. The van der Waals surface area contributed by atoms with Gasteiger partial charge in [0, 0.05) is 21.4 Å². The van der Waals surface area contributed by atoms with Crippen LogP contribution in [0.5, 0.6) is 0 Å². The highest BCUT2D eigenvalue weighted by molar-refractivity contribution is 7.15. The smallest absolute Gasteiger partial charge is 0.376 e. The molecule has 2 aromatic rings. The lowest BCUT2D eigenvalue weighted by molar-refractivity contribution is -0.146. The number of carbonyl (C=O) groups excluding carboxylic acids is 1. The molecule has 0 atom stereocenters. The molecule has 102 valence electrons. The number of aliphatic carboxylic acids is 1. The summed E-state index contributed by atoms with van der Waals surface area (Å²) in [7, 11) is 0. The van der Waals surface area contributed by atoms with Gasteiger partial charge in [-0.15, -0.1) is 11.3 Å². The number of thiophene rings is 1. The van der Waals surface area contributed by atoms with E-state index in [1.807, 2.05) is 37.3 Å². The van der Waals surface area contributed by atoms with Crippen LogP contribution in [0.1, 0.15) is 10.4 Å². The second-order valence-corrected chi connectivity index (χ2v) is 5.40. The number of aryl methyl sites for hydroxylation is 1. The lowest BCUT2D eigenvalue weighted by Gasteiger charge is -1.97. The molecule has 0 saturated carbocycles. The Kier molecular flexibility index (Phi) is 4.00. The van der Waals surface area contributed by atoms with E-state index < -0.39 is 11.8 Å². The molecule has 20 heavy (non-hydrogen) atoms. The van der Waals surface area contributed by atoms with Crippen molar-refractivity contribution in [2.24, 2.45) is 0 Å². The van der Waals surface area contributed by atoms with E-state index in [9.17, 15) is 14.7 Å². The van der Waals surface area contributed by atoms with Gasteiger partial charge in [-0.05, 0) is 18.6 Å². The van der Waals surface area contributed by atoms with Crippen LogP contribution in [0.25, 0.3) is 16.2 Å². The van der Waals surface area contributed by atoms with Gasteiger partial charge in [-0.2, -0.15) is 0 Å². The first-order valence-corrected chi connectivity index (χ1v) is 6.65. The Morgan fingerprint density at radius 2 is 1.80 bits per heavy atom. The zero-order valence-corrected chi connectivity index (χ0v) is 11.5. The number of aliphatic hydroxyl groups is 1. The van der Waals surface area contributed by atoms with Crippen LogP contribution in [-0.2, 0) is 9.59 Å². The Balaban J connectivity index is 2.38. The van der Waals surface area contributed by atoms with Crippen LogP contribution < -0.4 is 0 Å². The van der Waals surface area contributed by atoms with Gasteiger partial charge in [-0.1, -0.05) is 30.3 Å². The molecule has 0 aliphatic rings. The molecule has 0 spiro atoms. The fraction of sp³-hybridized carbons (Fsp3) is 0.0667. The van der Waals surface area contributed by atoms with E-state index in [0.29, 0.717) is 5.56 Å². The summed E-state index contributed by atoms with van der Waals surface area (Å²) in [5.74, 6) is -3.06. The Morgan fingerprint density at radius 1 is 1.15 bits per heavy atom. The standard InChI is InChI=1S/C15H12O4S/c1-9-11(12(16)8-13(17)15(18)19)7-14(20-9)10-5-3-2-4-6-10/h2-8,16H,1H3,(H,18,19)/b12-8-. The average Bonchev–Trinajstić information content (AvgIpc) is 2.81. The summed E-state index contributed by atoms with van der Waals surface area (Å²) in [6.45, 7) is 1.81. The molecule has 2 N–H and O–H groups in total. The van der Waals surface area contributed by atoms with Crippen LogP contribution in [0.4, 0.5) is 0 Å². The molecule has 2 rings (SSSR count). The molecule has 0 saturated heterocycles. The molecule has 4 nitrogen and oxygen atoms in total. The highest BCUT2D eigenvalue weighted by atomic mass is 32.1. The summed E-state index contributed by atoms with van der Waals surface area (Å²) in [4.78, 5) is 23.3. The molecule has 0 radical (unpaired) electrons. The van der Waals surface area contributed by atoms with Gasteiger partial charge in [0.15, 0.2) is 0 Å². The molecule has 0 aliphatic carbocycles. The van der Waals surface area contributed by atoms with Crippen molar-refractivity contribution < 1.29 is 19.8 Å². The van der Waals surface area contributed by atoms with Crippen molar-refractivity contribution in [3.05, 3.63) is 52.9 Å². The van der Waals surface area contributed by atoms with E-state index in [2.05, 4.69) is 0 Å². The molecular formula is C15H12O4S. The lowest BCUT2D eigenvalue weighted by Crippen LogP contribution is -2.09. The first-order chi connectivity index (χ1) is 9.49. The minimum absolute atomic E-state index is 0.326. The summed E-state index contributed by atoms with van der Waals surface area (Å²) < 4.78 is 0. The van der Waals surface area contributed by atoms with Gasteiger partial charge in [0.1, 0.15) is 5.76 Å². The predicted molar refractivity (Wildman–Crippen MR) is 77.7 cm³/mol. The summed E-state index contributed by atoms with van der Waals surface area (Å²) in [5.41, 5.74) is 1.48. The van der Waals surface area contributed by atoms with E-state index in [1.54, 1.807) is 6.07 Å². The second kappa shape index (κ2) is 5.71. The first kappa shape index (κ1) is 14.0. The Morgan fingerprint density at radius 3 is 2.40 bits per heavy atom. The SMILES string of the molecule is Cc1sc(-c2ccccc2)cc1/C(O)=C/C(=O)C(=O)O. The van der Waals surface area contributed by atoms with Gasteiger partial charge in [0.05, 0.1) is 0 Å². The van der Waals surface area contributed by atoms with Gasteiger partial charge >= 0.3 is 5.97 Å². The number of aliphatic hydroxyl groups excluding tert-OH is 1. The average molecular weight is 288 g/mol. The third-order valence-corrected chi connectivity index (χ3v) is 3.83. The maximum Gasteiger partial charge on any atom is 0.376 e. The number of benzene rings is 1. The Bertz CT molecular complexity index is 683. The second-order valence-electron chi connectivity index (χ2n) is 4.15. The van der Waals surface area contributed by atoms with Gasteiger partial charge in [-0.25, -0.2) is 4.79 Å². The number of ketones is 1. The number of carboxylic acid groups (broad SMARTS) is 1. The van der Waals surface area contributed by atoms with E-state index in [0.717, 1.165) is 21.4 Å². The van der Waals surface area contributed by atoms with Gasteiger partial charge < -0.3 is 10.2 Å². The van der Waals surface area contributed by atoms with E-state index in [4.69, 9.17) is 5.11 Å². The highest BCUT2D eigenvalue weighted by Gasteiger charge is 2.14. The minimum atomic E-state index is -1.59. The molecule has 0 amide bonds. The summed E-state index contributed by atoms with van der Waals surface area (Å²) >= 11 is 1.47. The van der Waals surface area contributed by atoms with E-state index >= 15 is 0 Å². The Hall–Kier alpha value is -2.40. The molecule has 1 aromatic heterocycles. The van der Waals surface area contributed by atoms with Gasteiger partial charge in [0.2, 0.25) is 0 Å². The first-order valence-electron chi connectivity index (χ1n) is 5.83. The van der Waals surface area contributed by atoms with Crippen LogP contribution in [-0.4, -0.2) is 22.0 Å². The maximum atomic E-state index is 11.1. The van der Waals surface area contributed by atoms with Crippen LogP contribution in [0.2, 0.25) is 0 Å². The Labute approximate surface area is 119 Å².